The van der Waals surface area contributed by atoms with Crippen LogP contribution in [0.1, 0.15) is 6.42 Å². The van der Waals surface area contributed by atoms with Gasteiger partial charge in [-0.15, -0.1) is 11.8 Å². The molecule has 0 bridgehead atoms. The summed E-state index contributed by atoms with van der Waals surface area (Å²) in [7, 11) is -2.74. The molecule has 0 aliphatic carbocycles. The predicted octanol–water partition coefficient (Wildman–Crippen LogP) is 4.12. The Balaban J connectivity index is 2.05. The SMILES string of the molecule is COc1ccc(SCCC(=O)Nc2cc(S(=O)(=O)C(F)(F)F)ccc2OC)cc1. The molecule has 1 N–H and O–H groups in total. The van der Waals surface area contributed by atoms with Gasteiger partial charge in [0, 0.05) is 17.1 Å². The van der Waals surface area contributed by atoms with E-state index in [0.717, 1.165) is 23.1 Å². The number of carbonyl (C=O) groups excluding carboxylic acids is 1. The standard InChI is InChI=1S/C18H18F3NO5S2/c1-26-12-3-5-13(6-4-12)28-10-9-17(23)22-15-11-14(7-8-16(15)27-2)29(24,25)18(19,20)21/h3-8,11H,9-10H2,1-2H3,(H,22,23). The van der Waals surface area contributed by atoms with Gasteiger partial charge >= 0.3 is 5.51 Å². The second-order valence-electron chi connectivity index (χ2n) is 5.63. The Morgan fingerprint density at radius 3 is 2.28 bits per heavy atom. The Labute approximate surface area is 170 Å². The molecule has 158 valence electrons. The summed E-state index contributed by atoms with van der Waals surface area (Å²) < 4.78 is 71.5. The molecule has 0 spiro atoms. The molecule has 0 unspecified atom stereocenters. The van der Waals surface area contributed by atoms with Crippen molar-refractivity contribution in [2.24, 2.45) is 0 Å². The summed E-state index contributed by atoms with van der Waals surface area (Å²) in [5.41, 5.74) is -5.60. The Morgan fingerprint density at radius 2 is 1.72 bits per heavy atom. The highest BCUT2D eigenvalue weighted by Gasteiger charge is 2.47. The van der Waals surface area contributed by atoms with Gasteiger partial charge in [-0.25, -0.2) is 8.42 Å². The van der Waals surface area contributed by atoms with Crippen LogP contribution in [-0.2, 0) is 14.6 Å². The quantitative estimate of drug-likeness (QED) is 0.611. The van der Waals surface area contributed by atoms with Crippen LogP contribution >= 0.6 is 11.8 Å². The number of anilines is 1. The van der Waals surface area contributed by atoms with Gasteiger partial charge in [-0.3, -0.25) is 4.79 Å². The maximum Gasteiger partial charge on any atom is 0.501 e. The van der Waals surface area contributed by atoms with Crippen LogP contribution in [0.25, 0.3) is 0 Å². The van der Waals surface area contributed by atoms with Crippen LogP contribution < -0.4 is 14.8 Å². The van der Waals surface area contributed by atoms with Crippen molar-refractivity contribution in [3.05, 3.63) is 42.5 Å². The van der Waals surface area contributed by atoms with Crippen molar-refractivity contribution in [2.75, 3.05) is 25.3 Å². The van der Waals surface area contributed by atoms with E-state index in [1.54, 1.807) is 19.2 Å². The Hall–Kier alpha value is -2.40. The van der Waals surface area contributed by atoms with E-state index in [4.69, 9.17) is 9.47 Å². The van der Waals surface area contributed by atoms with Crippen LogP contribution in [0, 0.1) is 0 Å². The van der Waals surface area contributed by atoms with Crippen molar-refractivity contribution in [1.82, 2.24) is 0 Å². The van der Waals surface area contributed by atoms with Gasteiger partial charge in [0.1, 0.15) is 11.5 Å². The van der Waals surface area contributed by atoms with E-state index >= 15 is 0 Å². The summed E-state index contributed by atoms with van der Waals surface area (Å²) in [4.78, 5) is 12.1. The number of carbonyl (C=O) groups is 1. The summed E-state index contributed by atoms with van der Waals surface area (Å²) in [6, 6.07) is 9.78. The first kappa shape index (κ1) is 22.9. The molecule has 1 amide bonds. The second-order valence-corrected chi connectivity index (χ2v) is 8.74. The molecule has 0 heterocycles. The number of hydrogen-bond donors (Lipinski definition) is 1. The lowest BCUT2D eigenvalue weighted by molar-refractivity contribution is -0.115. The highest BCUT2D eigenvalue weighted by Crippen LogP contribution is 2.34. The summed E-state index contributed by atoms with van der Waals surface area (Å²) in [5, 5.41) is 2.40. The molecular weight excluding hydrogens is 431 g/mol. The Morgan fingerprint density at radius 1 is 1.07 bits per heavy atom. The maximum absolute atomic E-state index is 12.8. The van der Waals surface area contributed by atoms with Crippen molar-refractivity contribution < 1.29 is 35.9 Å². The van der Waals surface area contributed by atoms with E-state index < -0.39 is 26.1 Å². The minimum absolute atomic E-state index is 0.0438. The average Bonchev–Trinajstić information content (AvgIpc) is 2.67. The fourth-order valence-electron chi connectivity index (χ4n) is 2.23. The third-order valence-electron chi connectivity index (χ3n) is 3.72. The second kappa shape index (κ2) is 9.40. The van der Waals surface area contributed by atoms with Crippen molar-refractivity contribution in [3.8, 4) is 11.5 Å². The van der Waals surface area contributed by atoms with E-state index in [1.165, 1.54) is 18.9 Å². The zero-order valence-corrected chi connectivity index (χ0v) is 17.1. The van der Waals surface area contributed by atoms with E-state index in [1.807, 2.05) is 12.1 Å². The zero-order valence-electron chi connectivity index (χ0n) is 15.4. The molecule has 2 aromatic carbocycles. The number of methoxy groups -OCH3 is 2. The number of halogens is 3. The zero-order chi connectivity index (χ0) is 21.7. The van der Waals surface area contributed by atoms with Crippen LogP contribution in [-0.4, -0.2) is 39.8 Å². The van der Waals surface area contributed by atoms with E-state index in [-0.39, 0.29) is 17.9 Å². The molecule has 0 saturated carbocycles. The fraction of sp³-hybridized carbons (Fsp3) is 0.278. The van der Waals surface area contributed by atoms with Gasteiger partial charge in [0.05, 0.1) is 24.8 Å². The molecule has 0 aliphatic heterocycles. The number of sulfone groups is 1. The molecule has 0 aliphatic rings. The third-order valence-corrected chi connectivity index (χ3v) is 6.22. The number of alkyl halides is 3. The minimum atomic E-state index is -5.54. The van der Waals surface area contributed by atoms with E-state index in [2.05, 4.69) is 5.32 Å². The molecule has 29 heavy (non-hydrogen) atoms. The lowest BCUT2D eigenvalue weighted by atomic mass is 10.3. The fourth-order valence-corrected chi connectivity index (χ4v) is 3.87. The van der Waals surface area contributed by atoms with Crippen molar-refractivity contribution >= 4 is 33.2 Å². The van der Waals surface area contributed by atoms with Crippen LogP contribution in [0.15, 0.2) is 52.3 Å². The van der Waals surface area contributed by atoms with Gasteiger partial charge in [-0.2, -0.15) is 13.2 Å². The van der Waals surface area contributed by atoms with Crippen molar-refractivity contribution in [1.29, 1.82) is 0 Å². The summed E-state index contributed by atoms with van der Waals surface area (Å²) in [6.45, 7) is 0. The summed E-state index contributed by atoms with van der Waals surface area (Å²) in [6.07, 6.45) is 0.0517. The highest BCUT2D eigenvalue weighted by atomic mass is 32.2. The van der Waals surface area contributed by atoms with E-state index in [9.17, 15) is 26.4 Å². The first-order valence-electron chi connectivity index (χ1n) is 8.14. The van der Waals surface area contributed by atoms with Crippen LogP contribution in [0.2, 0.25) is 0 Å². The van der Waals surface area contributed by atoms with Gasteiger partial charge in [-0.1, -0.05) is 0 Å². The van der Waals surface area contributed by atoms with Gasteiger partial charge in [0.15, 0.2) is 0 Å². The normalized spacial score (nSPS) is 11.8. The van der Waals surface area contributed by atoms with Crippen molar-refractivity contribution in [2.45, 2.75) is 21.7 Å². The van der Waals surface area contributed by atoms with Crippen molar-refractivity contribution in [3.63, 3.8) is 0 Å². The monoisotopic (exact) mass is 449 g/mol. The van der Waals surface area contributed by atoms with E-state index in [0.29, 0.717) is 11.5 Å². The lowest BCUT2D eigenvalue weighted by Crippen LogP contribution is -2.23. The number of rotatable bonds is 8. The number of hydrogen-bond acceptors (Lipinski definition) is 6. The molecule has 11 heteroatoms. The first-order chi connectivity index (χ1) is 13.6. The van der Waals surface area contributed by atoms with Gasteiger partial charge in [0.2, 0.25) is 5.91 Å². The molecule has 0 saturated heterocycles. The van der Waals surface area contributed by atoms with Crippen LogP contribution in [0.5, 0.6) is 11.5 Å². The number of ether oxygens (including phenoxy) is 2. The molecule has 0 atom stereocenters. The Kier molecular flexibility index (Phi) is 7.42. The lowest BCUT2D eigenvalue weighted by Gasteiger charge is -2.13. The topological polar surface area (TPSA) is 81.7 Å². The smallest absolute Gasteiger partial charge is 0.497 e. The number of amides is 1. The highest BCUT2D eigenvalue weighted by molar-refractivity contribution is 7.99. The maximum atomic E-state index is 12.8. The van der Waals surface area contributed by atoms with Gasteiger partial charge in [0.25, 0.3) is 9.84 Å². The van der Waals surface area contributed by atoms with Gasteiger partial charge < -0.3 is 14.8 Å². The average molecular weight is 449 g/mol. The Bertz CT molecular complexity index is 960. The number of benzene rings is 2. The van der Waals surface area contributed by atoms with Crippen LogP contribution in [0.3, 0.4) is 0 Å². The molecule has 2 rings (SSSR count). The molecule has 2 aromatic rings. The first-order valence-corrected chi connectivity index (χ1v) is 10.6. The largest absolute Gasteiger partial charge is 0.501 e. The predicted molar refractivity (Wildman–Crippen MR) is 103 cm³/mol. The van der Waals surface area contributed by atoms with Gasteiger partial charge in [-0.05, 0) is 42.5 Å². The molecule has 0 fully saturated rings. The summed E-state index contributed by atoms with van der Waals surface area (Å²) in [5.74, 6) is 0.655. The minimum Gasteiger partial charge on any atom is -0.497 e. The van der Waals surface area contributed by atoms with Crippen LogP contribution in [0.4, 0.5) is 18.9 Å². The molecule has 0 radical (unpaired) electrons. The molecular formula is C18H18F3NO5S2. The summed E-state index contributed by atoms with van der Waals surface area (Å²) >= 11 is 1.41. The molecule has 0 aromatic heterocycles. The third kappa shape index (κ3) is 5.80. The molecule has 6 nitrogen and oxygen atoms in total. The number of nitrogens with one attached hydrogen (secondary N) is 1. The number of thioether (sulfide) groups is 1.